The number of halogens is 1. The first-order chi connectivity index (χ1) is 10.8. The number of rotatable bonds is 4. The number of aromatic nitrogens is 4. The van der Waals surface area contributed by atoms with E-state index >= 15 is 0 Å². The van der Waals surface area contributed by atoms with Crippen LogP contribution in [0.4, 0.5) is 0 Å². The molecule has 0 radical (unpaired) electrons. The lowest BCUT2D eigenvalue weighted by Crippen LogP contribution is -2.47. The molecule has 2 saturated heterocycles. The van der Waals surface area contributed by atoms with Crippen LogP contribution in [-0.4, -0.2) is 51.1 Å². The van der Waals surface area contributed by atoms with Crippen molar-refractivity contribution in [2.24, 2.45) is 0 Å². The molecule has 0 atom stereocenters. The van der Waals surface area contributed by atoms with Gasteiger partial charge in [0.25, 0.3) is 0 Å². The molecule has 0 spiro atoms. The van der Waals surface area contributed by atoms with E-state index in [1.807, 2.05) is 17.1 Å². The van der Waals surface area contributed by atoms with Crippen molar-refractivity contribution in [1.29, 1.82) is 0 Å². The lowest BCUT2D eigenvalue weighted by Gasteiger charge is -2.38. The highest BCUT2D eigenvalue weighted by molar-refractivity contribution is 9.10. The van der Waals surface area contributed by atoms with E-state index < -0.39 is 0 Å². The number of ether oxygens (including phenoxy) is 1. The van der Waals surface area contributed by atoms with Crippen molar-refractivity contribution in [2.45, 2.75) is 31.3 Å². The minimum atomic E-state index is 0.362. The molecule has 0 aliphatic carbocycles. The molecular formula is C14H18BrN5O2. The molecule has 0 N–H and O–H groups in total. The van der Waals surface area contributed by atoms with Crippen LogP contribution in [0.5, 0.6) is 0 Å². The molecule has 4 heterocycles. The van der Waals surface area contributed by atoms with Gasteiger partial charge < -0.3 is 9.26 Å². The van der Waals surface area contributed by atoms with Gasteiger partial charge in [-0.25, -0.2) is 0 Å². The van der Waals surface area contributed by atoms with Crippen LogP contribution in [-0.2, 0) is 11.3 Å². The minimum absolute atomic E-state index is 0.362. The van der Waals surface area contributed by atoms with Crippen LogP contribution >= 0.6 is 15.9 Å². The van der Waals surface area contributed by atoms with E-state index in [1.54, 1.807) is 0 Å². The molecule has 2 aliphatic heterocycles. The lowest BCUT2D eigenvalue weighted by molar-refractivity contribution is 0.0778. The molecule has 22 heavy (non-hydrogen) atoms. The Morgan fingerprint density at radius 1 is 1.27 bits per heavy atom. The Morgan fingerprint density at radius 2 is 2.09 bits per heavy atom. The fourth-order valence-corrected chi connectivity index (χ4v) is 3.30. The monoisotopic (exact) mass is 367 g/mol. The van der Waals surface area contributed by atoms with Gasteiger partial charge in [-0.1, -0.05) is 5.16 Å². The fourth-order valence-electron chi connectivity index (χ4n) is 3.00. The summed E-state index contributed by atoms with van der Waals surface area (Å²) in [6, 6.07) is 0.438. The van der Waals surface area contributed by atoms with Gasteiger partial charge in [0.2, 0.25) is 5.89 Å². The quantitative estimate of drug-likeness (QED) is 0.822. The first-order valence-corrected chi connectivity index (χ1v) is 8.39. The summed E-state index contributed by atoms with van der Waals surface area (Å²) in [6.45, 7) is 4.25. The Morgan fingerprint density at radius 3 is 2.82 bits per heavy atom. The van der Waals surface area contributed by atoms with Crippen molar-refractivity contribution in [3.05, 3.63) is 28.6 Å². The van der Waals surface area contributed by atoms with E-state index in [-0.39, 0.29) is 0 Å². The van der Waals surface area contributed by atoms with Gasteiger partial charge in [-0.05, 0) is 28.8 Å². The van der Waals surface area contributed by atoms with Crippen molar-refractivity contribution in [1.82, 2.24) is 24.8 Å². The Kier molecular flexibility index (Phi) is 3.98. The van der Waals surface area contributed by atoms with Crippen molar-refractivity contribution < 1.29 is 9.26 Å². The summed E-state index contributed by atoms with van der Waals surface area (Å²) < 4.78 is 13.8. The summed E-state index contributed by atoms with van der Waals surface area (Å²) in [6.07, 6.45) is 5.78. The average molecular weight is 368 g/mol. The molecule has 2 aromatic rings. The summed E-state index contributed by atoms with van der Waals surface area (Å²) in [7, 11) is 0. The highest BCUT2D eigenvalue weighted by atomic mass is 79.9. The van der Waals surface area contributed by atoms with E-state index in [2.05, 4.69) is 36.1 Å². The van der Waals surface area contributed by atoms with Gasteiger partial charge in [0.05, 0.1) is 23.3 Å². The largest absolute Gasteiger partial charge is 0.381 e. The van der Waals surface area contributed by atoms with Gasteiger partial charge in [0.15, 0.2) is 5.82 Å². The van der Waals surface area contributed by atoms with Gasteiger partial charge in [0, 0.05) is 38.4 Å². The smallest absolute Gasteiger partial charge is 0.229 e. The summed E-state index contributed by atoms with van der Waals surface area (Å²) in [5.41, 5.74) is 0. The predicted molar refractivity (Wildman–Crippen MR) is 81.3 cm³/mol. The van der Waals surface area contributed by atoms with Crippen LogP contribution in [0.25, 0.3) is 0 Å². The topological polar surface area (TPSA) is 69.2 Å². The zero-order valence-corrected chi connectivity index (χ0v) is 13.8. The molecule has 2 aliphatic rings. The van der Waals surface area contributed by atoms with Crippen LogP contribution in [0.15, 0.2) is 21.4 Å². The Bertz CT molecular complexity index is 631. The average Bonchev–Trinajstić information content (AvgIpc) is 3.12. The van der Waals surface area contributed by atoms with E-state index in [0.717, 1.165) is 61.9 Å². The maximum atomic E-state index is 5.42. The third kappa shape index (κ3) is 2.95. The predicted octanol–water partition coefficient (Wildman–Crippen LogP) is 1.98. The van der Waals surface area contributed by atoms with Crippen molar-refractivity contribution in [2.75, 3.05) is 26.3 Å². The Balaban J connectivity index is 1.30. The second-order valence-corrected chi connectivity index (χ2v) is 6.84. The molecule has 0 bridgehead atoms. The van der Waals surface area contributed by atoms with Crippen molar-refractivity contribution >= 4 is 15.9 Å². The highest BCUT2D eigenvalue weighted by Gasteiger charge is 2.30. The molecule has 2 aromatic heterocycles. The van der Waals surface area contributed by atoms with Gasteiger partial charge in [-0.15, -0.1) is 0 Å². The third-order valence-electron chi connectivity index (χ3n) is 4.30. The Labute approximate surface area is 136 Å². The summed E-state index contributed by atoms with van der Waals surface area (Å²) in [5, 5.41) is 8.44. The zero-order valence-electron chi connectivity index (χ0n) is 12.2. The number of likely N-dealkylation sites (tertiary alicyclic amines) is 1. The van der Waals surface area contributed by atoms with E-state index in [1.165, 1.54) is 0 Å². The molecule has 7 nitrogen and oxygen atoms in total. The SMILES string of the molecule is Brc1cnn(C2CN(Cc3noc(C4CCOCC4)n3)C2)c1. The van der Waals surface area contributed by atoms with Crippen LogP contribution in [0.1, 0.15) is 36.5 Å². The number of hydrogen-bond donors (Lipinski definition) is 0. The van der Waals surface area contributed by atoms with Gasteiger partial charge >= 0.3 is 0 Å². The first kappa shape index (κ1) is 14.3. The molecule has 0 amide bonds. The van der Waals surface area contributed by atoms with Gasteiger partial charge in [-0.2, -0.15) is 10.1 Å². The molecule has 4 rings (SSSR count). The lowest BCUT2D eigenvalue weighted by atomic mass is 10.0. The Hall–Kier alpha value is -1.25. The van der Waals surface area contributed by atoms with Crippen LogP contribution < -0.4 is 0 Å². The molecule has 0 aromatic carbocycles. The van der Waals surface area contributed by atoms with Crippen LogP contribution in [0, 0.1) is 0 Å². The molecule has 8 heteroatoms. The van der Waals surface area contributed by atoms with Gasteiger partial charge in [-0.3, -0.25) is 9.58 Å². The van der Waals surface area contributed by atoms with Crippen LogP contribution in [0.2, 0.25) is 0 Å². The first-order valence-electron chi connectivity index (χ1n) is 7.60. The van der Waals surface area contributed by atoms with Crippen molar-refractivity contribution in [3.8, 4) is 0 Å². The maximum Gasteiger partial charge on any atom is 0.229 e. The van der Waals surface area contributed by atoms with Gasteiger partial charge in [0.1, 0.15) is 0 Å². The standard InChI is InChI=1S/C14H18BrN5O2/c15-11-5-16-20(6-11)12-7-19(8-12)9-13-17-14(22-18-13)10-1-3-21-4-2-10/h5-6,10,12H,1-4,7-9H2. The van der Waals surface area contributed by atoms with Crippen molar-refractivity contribution in [3.63, 3.8) is 0 Å². The summed E-state index contributed by atoms with van der Waals surface area (Å²) in [4.78, 5) is 6.86. The third-order valence-corrected chi connectivity index (χ3v) is 4.71. The number of hydrogen-bond acceptors (Lipinski definition) is 6. The maximum absolute atomic E-state index is 5.42. The number of nitrogens with zero attached hydrogens (tertiary/aromatic N) is 5. The summed E-state index contributed by atoms with van der Waals surface area (Å²) >= 11 is 3.42. The molecule has 0 unspecified atom stereocenters. The van der Waals surface area contributed by atoms with E-state index in [9.17, 15) is 0 Å². The van der Waals surface area contributed by atoms with Crippen LogP contribution in [0.3, 0.4) is 0 Å². The molecular weight excluding hydrogens is 350 g/mol. The molecule has 118 valence electrons. The second kappa shape index (κ2) is 6.10. The second-order valence-electron chi connectivity index (χ2n) is 5.92. The highest BCUT2D eigenvalue weighted by Crippen LogP contribution is 2.27. The fraction of sp³-hybridized carbons (Fsp3) is 0.643. The normalized spacial score (nSPS) is 21.1. The molecule has 0 saturated carbocycles. The molecule has 2 fully saturated rings. The minimum Gasteiger partial charge on any atom is -0.381 e. The summed E-state index contributed by atoms with van der Waals surface area (Å²) in [5.74, 6) is 1.91. The zero-order chi connectivity index (χ0) is 14.9. The van der Waals surface area contributed by atoms with E-state index in [4.69, 9.17) is 9.26 Å². The van der Waals surface area contributed by atoms with E-state index in [0.29, 0.717) is 12.0 Å².